The van der Waals surface area contributed by atoms with Gasteiger partial charge in [-0.2, -0.15) is 0 Å². The van der Waals surface area contributed by atoms with Gasteiger partial charge in [-0.05, 0) is 35.4 Å². The van der Waals surface area contributed by atoms with Gasteiger partial charge in [-0.3, -0.25) is 0 Å². The maximum absolute atomic E-state index is 6.43. The normalized spacial score (nSPS) is 17.2. The average Bonchev–Trinajstić information content (AvgIpc) is 2.38. The van der Waals surface area contributed by atoms with Crippen molar-refractivity contribution in [2.24, 2.45) is 5.73 Å². The molecule has 1 aliphatic rings. The topological polar surface area (TPSA) is 26.0 Å². The molecule has 0 saturated heterocycles. The molecule has 0 aromatic heterocycles. The van der Waals surface area contributed by atoms with Crippen LogP contribution in [0.15, 0.2) is 54.6 Å². The van der Waals surface area contributed by atoms with E-state index in [9.17, 15) is 0 Å². The van der Waals surface area contributed by atoms with Crippen LogP contribution in [0.1, 0.15) is 47.9 Å². The van der Waals surface area contributed by atoms with E-state index in [1.54, 1.807) is 0 Å². The summed E-state index contributed by atoms with van der Waals surface area (Å²) in [7, 11) is 0. The first kappa shape index (κ1) is 11.5. The zero-order valence-corrected chi connectivity index (χ0v) is 10.5. The average molecular weight is 237 g/mol. The third-order valence-electron chi connectivity index (χ3n) is 4.03. The lowest BCUT2D eigenvalue weighted by Gasteiger charge is -2.29. The van der Waals surface area contributed by atoms with Crippen LogP contribution in [0.5, 0.6) is 0 Å². The molecule has 92 valence electrons. The highest BCUT2D eigenvalue weighted by Crippen LogP contribution is 2.39. The van der Waals surface area contributed by atoms with E-state index >= 15 is 0 Å². The highest BCUT2D eigenvalue weighted by Gasteiger charge is 2.24. The van der Waals surface area contributed by atoms with Crippen LogP contribution < -0.4 is 5.73 Å². The maximum atomic E-state index is 6.43. The summed E-state index contributed by atoms with van der Waals surface area (Å²) in [6.07, 6.45) is 4.00. The largest absolute Gasteiger partial charge is 0.320 e. The molecule has 0 heterocycles. The molecular formula is C17H19N. The maximum Gasteiger partial charge on any atom is 0.0554 e. The molecule has 3 rings (SSSR count). The standard InChI is InChI=1S/C17H19N/c18-17(14-7-2-1-3-8-14)16-12-5-4-11-15(16)13-9-6-10-13/h1-5,7-8,11-13,17H,6,9-10,18H2. The van der Waals surface area contributed by atoms with Crippen molar-refractivity contribution in [3.63, 3.8) is 0 Å². The van der Waals surface area contributed by atoms with E-state index in [4.69, 9.17) is 5.73 Å². The van der Waals surface area contributed by atoms with Gasteiger partial charge in [-0.25, -0.2) is 0 Å². The van der Waals surface area contributed by atoms with E-state index in [-0.39, 0.29) is 6.04 Å². The lowest BCUT2D eigenvalue weighted by molar-refractivity contribution is 0.416. The quantitative estimate of drug-likeness (QED) is 0.857. The molecule has 0 bridgehead atoms. The number of hydrogen-bond donors (Lipinski definition) is 1. The van der Waals surface area contributed by atoms with Crippen LogP contribution in [0.4, 0.5) is 0 Å². The molecule has 1 atom stereocenters. The number of hydrogen-bond acceptors (Lipinski definition) is 1. The van der Waals surface area contributed by atoms with Gasteiger partial charge in [-0.15, -0.1) is 0 Å². The lowest BCUT2D eigenvalue weighted by Crippen LogP contribution is -2.18. The summed E-state index contributed by atoms with van der Waals surface area (Å²) in [6.45, 7) is 0. The van der Waals surface area contributed by atoms with Crippen molar-refractivity contribution in [1.29, 1.82) is 0 Å². The Morgan fingerprint density at radius 1 is 0.889 bits per heavy atom. The fourth-order valence-electron chi connectivity index (χ4n) is 2.73. The van der Waals surface area contributed by atoms with Gasteiger partial charge in [-0.1, -0.05) is 61.0 Å². The molecule has 1 aliphatic carbocycles. The second-order valence-electron chi connectivity index (χ2n) is 5.15. The van der Waals surface area contributed by atoms with Crippen LogP contribution in [0.2, 0.25) is 0 Å². The van der Waals surface area contributed by atoms with Crippen molar-refractivity contribution in [2.75, 3.05) is 0 Å². The predicted molar refractivity (Wildman–Crippen MR) is 75.5 cm³/mol. The zero-order valence-electron chi connectivity index (χ0n) is 10.5. The molecule has 0 amide bonds. The molecule has 1 fully saturated rings. The Morgan fingerprint density at radius 2 is 1.56 bits per heavy atom. The van der Waals surface area contributed by atoms with Crippen molar-refractivity contribution in [3.05, 3.63) is 71.3 Å². The molecule has 1 saturated carbocycles. The number of benzene rings is 2. The van der Waals surface area contributed by atoms with Crippen LogP contribution in [0.25, 0.3) is 0 Å². The number of nitrogens with two attached hydrogens (primary N) is 1. The minimum atomic E-state index is 0.00278. The van der Waals surface area contributed by atoms with Gasteiger partial charge in [0, 0.05) is 0 Å². The minimum absolute atomic E-state index is 0.00278. The molecule has 2 N–H and O–H groups in total. The van der Waals surface area contributed by atoms with Crippen LogP contribution in [0.3, 0.4) is 0 Å². The van der Waals surface area contributed by atoms with Gasteiger partial charge in [0.25, 0.3) is 0 Å². The van der Waals surface area contributed by atoms with E-state index < -0.39 is 0 Å². The zero-order chi connectivity index (χ0) is 12.4. The summed E-state index contributed by atoms with van der Waals surface area (Å²) >= 11 is 0. The summed E-state index contributed by atoms with van der Waals surface area (Å²) < 4.78 is 0. The highest BCUT2D eigenvalue weighted by atomic mass is 14.6. The molecule has 1 nitrogen and oxygen atoms in total. The van der Waals surface area contributed by atoms with Gasteiger partial charge >= 0.3 is 0 Å². The van der Waals surface area contributed by atoms with Crippen LogP contribution in [-0.4, -0.2) is 0 Å². The van der Waals surface area contributed by atoms with Crippen molar-refractivity contribution < 1.29 is 0 Å². The Balaban J connectivity index is 1.96. The minimum Gasteiger partial charge on any atom is -0.320 e. The molecule has 0 spiro atoms. The summed E-state index contributed by atoms with van der Waals surface area (Å²) in [4.78, 5) is 0. The third kappa shape index (κ3) is 2.06. The monoisotopic (exact) mass is 237 g/mol. The molecule has 1 heteroatoms. The molecule has 0 aliphatic heterocycles. The predicted octanol–water partition coefficient (Wildman–Crippen LogP) is 4.00. The number of rotatable bonds is 3. The van der Waals surface area contributed by atoms with E-state index in [2.05, 4.69) is 48.5 Å². The molecular weight excluding hydrogens is 218 g/mol. The van der Waals surface area contributed by atoms with Gasteiger partial charge in [0.2, 0.25) is 0 Å². The van der Waals surface area contributed by atoms with E-state index in [1.807, 2.05) is 6.07 Å². The Morgan fingerprint density at radius 3 is 2.22 bits per heavy atom. The van der Waals surface area contributed by atoms with Crippen molar-refractivity contribution in [3.8, 4) is 0 Å². The molecule has 18 heavy (non-hydrogen) atoms. The van der Waals surface area contributed by atoms with Gasteiger partial charge in [0.05, 0.1) is 6.04 Å². The molecule has 1 unspecified atom stereocenters. The molecule has 2 aromatic rings. The Labute approximate surface area is 109 Å². The summed E-state index contributed by atoms with van der Waals surface area (Å²) in [5.41, 5.74) is 10.4. The van der Waals surface area contributed by atoms with Crippen LogP contribution in [0, 0.1) is 0 Å². The van der Waals surface area contributed by atoms with Gasteiger partial charge in [0.1, 0.15) is 0 Å². The van der Waals surface area contributed by atoms with Crippen molar-refractivity contribution in [1.82, 2.24) is 0 Å². The fourth-order valence-corrected chi connectivity index (χ4v) is 2.73. The second kappa shape index (κ2) is 4.95. The van der Waals surface area contributed by atoms with Crippen molar-refractivity contribution in [2.45, 2.75) is 31.2 Å². The van der Waals surface area contributed by atoms with E-state index in [0.29, 0.717) is 0 Å². The Bertz CT molecular complexity index is 514. The fraction of sp³-hybridized carbons (Fsp3) is 0.294. The summed E-state index contributed by atoms with van der Waals surface area (Å²) in [6, 6.07) is 19.0. The molecule has 2 aromatic carbocycles. The Kier molecular flexibility index (Phi) is 3.16. The van der Waals surface area contributed by atoms with Gasteiger partial charge in [0.15, 0.2) is 0 Å². The van der Waals surface area contributed by atoms with Gasteiger partial charge < -0.3 is 5.73 Å². The van der Waals surface area contributed by atoms with E-state index in [1.165, 1.54) is 36.0 Å². The summed E-state index contributed by atoms with van der Waals surface area (Å²) in [5.74, 6) is 0.732. The lowest BCUT2D eigenvalue weighted by atomic mass is 9.76. The molecule has 0 radical (unpaired) electrons. The SMILES string of the molecule is NC(c1ccccc1)c1ccccc1C1CCC1. The van der Waals surface area contributed by atoms with Crippen LogP contribution >= 0.6 is 0 Å². The third-order valence-corrected chi connectivity index (χ3v) is 4.03. The second-order valence-corrected chi connectivity index (χ2v) is 5.15. The first-order valence-electron chi connectivity index (χ1n) is 6.75. The highest BCUT2D eigenvalue weighted by molar-refractivity contribution is 5.39. The van der Waals surface area contributed by atoms with Crippen LogP contribution in [-0.2, 0) is 0 Å². The first-order valence-corrected chi connectivity index (χ1v) is 6.75. The van der Waals surface area contributed by atoms with Crippen molar-refractivity contribution >= 4 is 0 Å². The smallest absolute Gasteiger partial charge is 0.0554 e. The Hall–Kier alpha value is -1.60. The first-order chi connectivity index (χ1) is 8.86. The van der Waals surface area contributed by atoms with E-state index in [0.717, 1.165) is 5.92 Å². The summed E-state index contributed by atoms with van der Waals surface area (Å²) in [5, 5.41) is 0.